The molecule has 0 radical (unpaired) electrons. The Balaban J connectivity index is 1.90. The summed E-state index contributed by atoms with van der Waals surface area (Å²) in [7, 11) is 0. The minimum absolute atomic E-state index is 0.0994. The zero-order valence-corrected chi connectivity index (χ0v) is 10.6. The summed E-state index contributed by atoms with van der Waals surface area (Å²) >= 11 is 5.86. The van der Waals surface area contributed by atoms with Gasteiger partial charge >= 0.3 is 0 Å². The fourth-order valence-electron chi connectivity index (χ4n) is 2.64. The molecule has 0 saturated carbocycles. The molecule has 18 heavy (non-hydrogen) atoms. The van der Waals surface area contributed by atoms with E-state index < -0.39 is 6.10 Å². The molecule has 3 rings (SSSR count). The summed E-state index contributed by atoms with van der Waals surface area (Å²) in [4.78, 5) is 4.42. The molecule has 0 spiro atoms. The number of aromatic nitrogens is 1. The molecule has 2 nitrogen and oxygen atoms in total. The third-order valence-corrected chi connectivity index (χ3v) is 3.85. The third-order valence-electron chi connectivity index (χ3n) is 3.59. The lowest BCUT2D eigenvalue weighted by molar-refractivity contribution is 0.143. The minimum atomic E-state index is -0.501. The molecule has 0 amide bonds. The maximum Gasteiger partial charge on any atom is 0.0873 e. The molecular weight excluding hydrogens is 246 g/mol. The van der Waals surface area contributed by atoms with Gasteiger partial charge in [-0.1, -0.05) is 29.8 Å². The maximum absolute atomic E-state index is 10.5. The number of pyridine rings is 1. The number of nitrogens with zero attached hydrogens (tertiary/aromatic N) is 1. The van der Waals surface area contributed by atoms with Crippen LogP contribution in [0.25, 0.3) is 0 Å². The van der Waals surface area contributed by atoms with E-state index in [0.29, 0.717) is 5.02 Å². The van der Waals surface area contributed by atoms with Crippen molar-refractivity contribution in [1.29, 1.82) is 0 Å². The van der Waals surface area contributed by atoms with Gasteiger partial charge in [0.15, 0.2) is 0 Å². The summed E-state index contributed by atoms with van der Waals surface area (Å²) in [5, 5.41) is 11.2. The molecule has 2 atom stereocenters. The summed E-state index contributed by atoms with van der Waals surface area (Å²) < 4.78 is 0. The van der Waals surface area contributed by atoms with Crippen molar-refractivity contribution in [3.8, 4) is 0 Å². The average Bonchev–Trinajstić information content (AvgIpc) is 2.82. The lowest BCUT2D eigenvalue weighted by Gasteiger charge is -2.18. The summed E-state index contributed by atoms with van der Waals surface area (Å²) in [6.07, 6.45) is 3.25. The van der Waals surface area contributed by atoms with Gasteiger partial charge in [-0.15, -0.1) is 0 Å². The Kier molecular flexibility index (Phi) is 3.06. The monoisotopic (exact) mass is 259 g/mol. The summed E-state index contributed by atoms with van der Waals surface area (Å²) in [6, 6.07) is 11.4. The average molecular weight is 260 g/mol. The topological polar surface area (TPSA) is 33.1 Å². The Morgan fingerprint density at radius 2 is 2.00 bits per heavy atom. The summed E-state index contributed by atoms with van der Waals surface area (Å²) in [5.41, 5.74) is 3.21. The van der Waals surface area contributed by atoms with Crippen molar-refractivity contribution in [3.05, 3.63) is 64.4 Å². The predicted molar refractivity (Wildman–Crippen MR) is 71.7 cm³/mol. The smallest absolute Gasteiger partial charge is 0.0873 e. The molecule has 92 valence electrons. The number of aliphatic hydroxyl groups excluding tert-OH is 1. The lowest BCUT2D eigenvalue weighted by Crippen LogP contribution is -2.09. The highest BCUT2D eigenvalue weighted by Gasteiger charge is 2.30. The Morgan fingerprint density at radius 3 is 2.78 bits per heavy atom. The molecule has 1 aliphatic carbocycles. The number of aryl methyl sites for hydroxylation is 1. The quantitative estimate of drug-likeness (QED) is 0.896. The third kappa shape index (κ3) is 2.02. The van der Waals surface area contributed by atoms with Crippen LogP contribution in [0.2, 0.25) is 5.02 Å². The number of benzene rings is 1. The van der Waals surface area contributed by atoms with E-state index in [-0.39, 0.29) is 5.92 Å². The van der Waals surface area contributed by atoms with E-state index >= 15 is 0 Å². The fourth-order valence-corrected chi connectivity index (χ4v) is 2.77. The zero-order valence-electron chi connectivity index (χ0n) is 9.88. The molecule has 0 bridgehead atoms. The molecule has 1 N–H and O–H groups in total. The van der Waals surface area contributed by atoms with Crippen LogP contribution < -0.4 is 0 Å². The van der Waals surface area contributed by atoms with Crippen LogP contribution >= 0.6 is 11.6 Å². The van der Waals surface area contributed by atoms with Gasteiger partial charge in [0, 0.05) is 22.8 Å². The Hall–Kier alpha value is -1.38. The van der Waals surface area contributed by atoms with Gasteiger partial charge in [-0.2, -0.15) is 0 Å². The number of hydrogen-bond acceptors (Lipinski definition) is 2. The SMILES string of the molecule is OC(c1ccc(Cl)cc1)C1CCc2cccnc21. The molecule has 2 aromatic rings. The Bertz CT molecular complexity index is 553. The summed E-state index contributed by atoms with van der Waals surface area (Å²) in [6.45, 7) is 0. The molecule has 0 aliphatic heterocycles. The molecular formula is C15H14ClNO. The lowest BCUT2D eigenvalue weighted by atomic mass is 9.93. The van der Waals surface area contributed by atoms with Crippen LogP contribution in [-0.4, -0.2) is 10.1 Å². The molecule has 0 saturated heterocycles. The van der Waals surface area contributed by atoms with Gasteiger partial charge in [0.2, 0.25) is 0 Å². The second-order valence-electron chi connectivity index (χ2n) is 4.69. The molecule has 2 unspecified atom stereocenters. The minimum Gasteiger partial charge on any atom is -0.388 e. The number of hydrogen-bond donors (Lipinski definition) is 1. The molecule has 3 heteroatoms. The normalized spacial score (nSPS) is 19.6. The largest absolute Gasteiger partial charge is 0.388 e. The van der Waals surface area contributed by atoms with E-state index in [1.165, 1.54) is 5.56 Å². The number of halogens is 1. The van der Waals surface area contributed by atoms with E-state index in [2.05, 4.69) is 11.1 Å². The van der Waals surface area contributed by atoms with Crippen LogP contribution in [0.15, 0.2) is 42.6 Å². The van der Waals surface area contributed by atoms with Crippen molar-refractivity contribution in [2.45, 2.75) is 24.9 Å². The Morgan fingerprint density at radius 1 is 1.22 bits per heavy atom. The first kappa shape index (κ1) is 11.7. The first-order chi connectivity index (χ1) is 8.75. The van der Waals surface area contributed by atoms with Crippen molar-refractivity contribution in [2.75, 3.05) is 0 Å². The molecule has 0 fully saturated rings. The van der Waals surface area contributed by atoms with Crippen LogP contribution in [0, 0.1) is 0 Å². The summed E-state index contributed by atoms with van der Waals surface area (Å²) in [5.74, 6) is 0.0994. The van der Waals surface area contributed by atoms with Crippen LogP contribution in [-0.2, 0) is 6.42 Å². The van der Waals surface area contributed by atoms with Crippen LogP contribution in [0.5, 0.6) is 0 Å². The van der Waals surface area contributed by atoms with Crippen molar-refractivity contribution in [2.24, 2.45) is 0 Å². The highest BCUT2D eigenvalue weighted by atomic mass is 35.5. The zero-order chi connectivity index (χ0) is 12.5. The first-order valence-electron chi connectivity index (χ1n) is 6.13. The van der Waals surface area contributed by atoms with Crippen molar-refractivity contribution in [3.63, 3.8) is 0 Å². The van der Waals surface area contributed by atoms with Gasteiger partial charge in [-0.3, -0.25) is 4.98 Å². The molecule has 1 heterocycles. The van der Waals surface area contributed by atoms with E-state index in [1.807, 2.05) is 30.3 Å². The van der Waals surface area contributed by atoms with Gasteiger partial charge in [-0.25, -0.2) is 0 Å². The molecule has 1 aliphatic rings. The van der Waals surface area contributed by atoms with Gasteiger partial charge in [-0.05, 0) is 42.2 Å². The fraction of sp³-hybridized carbons (Fsp3) is 0.267. The van der Waals surface area contributed by atoms with Crippen molar-refractivity contribution in [1.82, 2.24) is 4.98 Å². The number of fused-ring (bicyclic) bond motifs is 1. The van der Waals surface area contributed by atoms with Gasteiger partial charge < -0.3 is 5.11 Å². The van der Waals surface area contributed by atoms with Crippen LogP contribution in [0.4, 0.5) is 0 Å². The van der Waals surface area contributed by atoms with E-state index in [4.69, 9.17) is 11.6 Å². The Labute approximate surface area is 111 Å². The number of aliphatic hydroxyl groups is 1. The predicted octanol–water partition coefficient (Wildman–Crippen LogP) is 3.50. The van der Waals surface area contributed by atoms with Gasteiger partial charge in [0.25, 0.3) is 0 Å². The highest BCUT2D eigenvalue weighted by Crippen LogP contribution is 2.40. The highest BCUT2D eigenvalue weighted by molar-refractivity contribution is 6.30. The van der Waals surface area contributed by atoms with Crippen molar-refractivity contribution >= 4 is 11.6 Å². The van der Waals surface area contributed by atoms with Crippen LogP contribution in [0.1, 0.15) is 35.3 Å². The van der Waals surface area contributed by atoms with E-state index in [9.17, 15) is 5.11 Å². The molecule has 1 aromatic carbocycles. The second kappa shape index (κ2) is 4.71. The van der Waals surface area contributed by atoms with Crippen molar-refractivity contribution < 1.29 is 5.11 Å². The maximum atomic E-state index is 10.5. The standard InChI is InChI=1S/C15H14ClNO/c16-12-6-3-11(4-7-12)15(18)13-8-5-10-2-1-9-17-14(10)13/h1-4,6-7,9,13,15,18H,5,8H2. The second-order valence-corrected chi connectivity index (χ2v) is 5.13. The van der Waals surface area contributed by atoms with Crippen LogP contribution in [0.3, 0.4) is 0 Å². The van der Waals surface area contributed by atoms with Gasteiger partial charge in [0.05, 0.1) is 6.10 Å². The van der Waals surface area contributed by atoms with E-state index in [0.717, 1.165) is 24.1 Å². The first-order valence-corrected chi connectivity index (χ1v) is 6.51. The van der Waals surface area contributed by atoms with Gasteiger partial charge in [0.1, 0.15) is 0 Å². The van der Waals surface area contributed by atoms with E-state index in [1.54, 1.807) is 6.20 Å². The molecule has 1 aromatic heterocycles. The number of rotatable bonds is 2.